The van der Waals surface area contributed by atoms with Crippen molar-refractivity contribution in [2.24, 2.45) is 5.41 Å². The first-order valence-corrected chi connectivity index (χ1v) is 10.3. The van der Waals surface area contributed by atoms with Crippen molar-refractivity contribution in [1.29, 1.82) is 0 Å². The van der Waals surface area contributed by atoms with Crippen molar-refractivity contribution in [1.82, 2.24) is 4.90 Å². The van der Waals surface area contributed by atoms with Crippen LogP contribution in [0, 0.1) is 5.41 Å². The molecule has 1 aliphatic rings. The highest BCUT2D eigenvalue weighted by Crippen LogP contribution is 2.45. The summed E-state index contributed by atoms with van der Waals surface area (Å²) in [4.78, 5) is 14.8. The Hall–Kier alpha value is -1.17. The maximum atomic E-state index is 13.1. The van der Waals surface area contributed by atoms with Crippen LogP contribution in [0.4, 0.5) is 0 Å². The average Bonchev–Trinajstić information content (AvgIpc) is 2.83. The number of nitrogens with zero attached hydrogens (tertiary/aromatic N) is 1. The maximum absolute atomic E-state index is 13.1. The monoisotopic (exact) mass is 465 g/mol. The number of ether oxygens (including phenoxy) is 1. The molecule has 1 heterocycles. The van der Waals surface area contributed by atoms with Crippen molar-refractivity contribution in [3.63, 3.8) is 0 Å². The van der Waals surface area contributed by atoms with Crippen molar-refractivity contribution in [2.75, 3.05) is 5.33 Å². The molecule has 2 aromatic rings. The van der Waals surface area contributed by atoms with Gasteiger partial charge in [0, 0.05) is 17.3 Å². The molecule has 0 N–H and O–H groups in total. The van der Waals surface area contributed by atoms with Crippen LogP contribution in [-0.2, 0) is 22.7 Å². The lowest BCUT2D eigenvalue weighted by atomic mass is 9.89. The average molecular weight is 467 g/mol. The molecule has 0 aromatic heterocycles. The highest BCUT2D eigenvalue weighted by molar-refractivity contribution is 9.10. The second-order valence-electron chi connectivity index (χ2n) is 6.60. The van der Waals surface area contributed by atoms with E-state index in [4.69, 9.17) is 4.74 Å². The van der Waals surface area contributed by atoms with Crippen LogP contribution in [0.25, 0.3) is 0 Å². The summed E-state index contributed by atoms with van der Waals surface area (Å²) in [6, 6.07) is 20.0. The minimum Gasteiger partial charge on any atom is -0.363 e. The topological polar surface area (TPSA) is 29.5 Å². The second-order valence-corrected chi connectivity index (χ2v) is 8.03. The summed E-state index contributed by atoms with van der Waals surface area (Å²) in [6.07, 6.45) is -0.486. The first-order valence-electron chi connectivity index (χ1n) is 8.26. The summed E-state index contributed by atoms with van der Waals surface area (Å²) in [7, 11) is 0. The third-order valence-electron chi connectivity index (χ3n) is 4.67. The summed E-state index contributed by atoms with van der Waals surface area (Å²) < 4.78 is 6.09. The van der Waals surface area contributed by atoms with Gasteiger partial charge in [-0.15, -0.1) is 0 Å². The Balaban J connectivity index is 1.78. The summed E-state index contributed by atoms with van der Waals surface area (Å²) in [5.41, 5.74) is 1.83. The predicted molar refractivity (Wildman–Crippen MR) is 107 cm³/mol. The van der Waals surface area contributed by atoms with E-state index in [0.29, 0.717) is 18.5 Å². The van der Waals surface area contributed by atoms with Crippen molar-refractivity contribution >= 4 is 37.8 Å². The number of hydrogen-bond donors (Lipinski definition) is 0. The quantitative estimate of drug-likeness (QED) is 0.454. The molecule has 0 saturated carbocycles. The van der Waals surface area contributed by atoms with Crippen molar-refractivity contribution in [2.45, 2.75) is 31.1 Å². The molecule has 5 heteroatoms. The van der Waals surface area contributed by atoms with Crippen LogP contribution in [0.15, 0.2) is 60.7 Å². The zero-order valence-corrected chi connectivity index (χ0v) is 17.2. The number of carbonyl (C=O) groups excluding carboxylic acids is 1. The fraction of sp³-hybridized carbons (Fsp3) is 0.350. The van der Waals surface area contributed by atoms with Crippen LogP contribution in [0.1, 0.15) is 18.1 Å². The SMILES string of the molecule is C[C@@]1(CBr)[C@@H](OCc2ccccc2)C(=O)N(Cc2ccccc2)[C@@H]1Br. The van der Waals surface area contributed by atoms with E-state index in [9.17, 15) is 4.79 Å². The van der Waals surface area contributed by atoms with Crippen LogP contribution in [-0.4, -0.2) is 27.2 Å². The molecule has 0 unspecified atom stereocenters. The predicted octanol–water partition coefficient (Wildman–Crippen LogP) is 4.74. The van der Waals surface area contributed by atoms with Gasteiger partial charge in [-0.1, -0.05) is 99.4 Å². The zero-order valence-electron chi connectivity index (χ0n) is 14.1. The van der Waals surface area contributed by atoms with Gasteiger partial charge >= 0.3 is 0 Å². The molecule has 3 rings (SSSR count). The molecule has 25 heavy (non-hydrogen) atoms. The normalized spacial score (nSPS) is 26.2. The van der Waals surface area contributed by atoms with Crippen LogP contribution >= 0.6 is 31.9 Å². The number of benzene rings is 2. The zero-order chi connectivity index (χ0) is 17.9. The van der Waals surface area contributed by atoms with Gasteiger partial charge in [-0.3, -0.25) is 4.79 Å². The molecule has 1 fully saturated rings. The number of rotatable bonds is 6. The standard InChI is InChI=1S/C20H21Br2NO2/c1-20(14-21)17(25-13-16-10-6-3-7-11-16)18(24)23(19(20)22)12-15-8-4-2-5-9-15/h2-11,17,19H,12-14H2,1H3/t17-,19-,20+/m0/s1. The lowest BCUT2D eigenvalue weighted by Crippen LogP contribution is -2.39. The third-order valence-corrected chi connectivity index (χ3v) is 7.42. The molecular weight excluding hydrogens is 446 g/mol. The van der Waals surface area contributed by atoms with E-state index in [-0.39, 0.29) is 16.3 Å². The number of carbonyl (C=O) groups is 1. The molecular formula is C20H21Br2NO2. The highest BCUT2D eigenvalue weighted by atomic mass is 79.9. The maximum Gasteiger partial charge on any atom is 0.253 e. The summed E-state index contributed by atoms with van der Waals surface area (Å²) >= 11 is 7.34. The summed E-state index contributed by atoms with van der Waals surface area (Å²) in [6.45, 7) is 3.09. The first kappa shape index (κ1) is 18.6. The van der Waals surface area contributed by atoms with E-state index in [1.165, 1.54) is 0 Å². The largest absolute Gasteiger partial charge is 0.363 e. The van der Waals surface area contributed by atoms with Gasteiger partial charge in [-0.2, -0.15) is 0 Å². The number of hydrogen-bond acceptors (Lipinski definition) is 2. The number of alkyl halides is 2. The molecule has 0 aliphatic carbocycles. The molecule has 3 atom stereocenters. The molecule has 1 aliphatic heterocycles. The fourth-order valence-corrected chi connectivity index (χ4v) is 4.90. The van der Waals surface area contributed by atoms with E-state index >= 15 is 0 Å². The number of amides is 1. The van der Waals surface area contributed by atoms with Gasteiger partial charge in [0.25, 0.3) is 5.91 Å². The number of likely N-dealkylation sites (tertiary alicyclic amines) is 1. The van der Waals surface area contributed by atoms with Gasteiger partial charge in [0.15, 0.2) is 0 Å². The molecule has 2 aromatic carbocycles. The van der Waals surface area contributed by atoms with Crippen molar-refractivity contribution < 1.29 is 9.53 Å². The smallest absolute Gasteiger partial charge is 0.253 e. The van der Waals surface area contributed by atoms with E-state index in [1.807, 2.05) is 65.6 Å². The Kier molecular flexibility index (Phi) is 5.97. The fourth-order valence-electron chi connectivity index (χ4n) is 3.11. The van der Waals surface area contributed by atoms with Gasteiger partial charge < -0.3 is 9.64 Å². The van der Waals surface area contributed by atoms with Crippen LogP contribution in [0.2, 0.25) is 0 Å². The molecule has 132 valence electrons. The third kappa shape index (κ3) is 3.83. The Labute approximate surface area is 165 Å². The lowest BCUT2D eigenvalue weighted by molar-refractivity contribution is -0.140. The van der Waals surface area contributed by atoms with E-state index in [2.05, 4.69) is 38.8 Å². The Morgan fingerprint density at radius 3 is 2.16 bits per heavy atom. The van der Waals surface area contributed by atoms with Crippen molar-refractivity contribution in [3.05, 3.63) is 71.8 Å². The molecule has 0 spiro atoms. The van der Waals surface area contributed by atoms with Crippen molar-refractivity contribution in [3.8, 4) is 0 Å². The number of halogens is 2. The second kappa shape index (κ2) is 8.02. The van der Waals surface area contributed by atoms with E-state index in [1.54, 1.807) is 0 Å². The minimum atomic E-state index is -0.486. The van der Waals surface area contributed by atoms with Gasteiger partial charge in [-0.05, 0) is 11.1 Å². The van der Waals surface area contributed by atoms with Crippen LogP contribution in [0.3, 0.4) is 0 Å². The highest BCUT2D eigenvalue weighted by Gasteiger charge is 2.55. The molecule has 1 saturated heterocycles. The molecule has 0 bridgehead atoms. The Morgan fingerprint density at radius 2 is 1.60 bits per heavy atom. The van der Waals surface area contributed by atoms with E-state index < -0.39 is 6.10 Å². The summed E-state index contributed by atoms with van der Waals surface area (Å²) in [5, 5.41) is 0.673. The lowest BCUT2D eigenvalue weighted by Gasteiger charge is -2.31. The van der Waals surface area contributed by atoms with E-state index in [0.717, 1.165) is 11.1 Å². The Bertz CT molecular complexity index is 710. The first-order chi connectivity index (χ1) is 12.1. The molecule has 0 radical (unpaired) electrons. The van der Waals surface area contributed by atoms with Gasteiger partial charge in [0.1, 0.15) is 6.10 Å². The van der Waals surface area contributed by atoms with Gasteiger partial charge in [0.2, 0.25) is 0 Å². The van der Waals surface area contributed by atoms with Crippen LogP contribution in [0.5, 0.6) is 0 Å². The van der Waals surface area contributed by atoms with Crippen LogP contribution < -0.4 is 0 Å². The van der Waals surface area contributed by atoms with Gasteiger partial charge in [0.05, 0.1) is 11.6 Å². The molecule has 3 nitrogen and oxygen atoms in total. The summed E-state index contributed by atoms with van der Waals surface area (Å²) in [5.74, 6) is 0.0311. The minimum absolute atomic E-state index is 0.0311. The van der Waals surface area contributed by atoms with Gasteiger partial charge in [-0.25, -0.2) is 0 Å². The molecule has 1 amide bonds. The Morgan fingerprint density at radius 1 is 1.04 bits per heavy atom.